The average Bonchev–Trinajstić information content (AvgIpc) is 2.70. The summed E-state index contributed by atoms with van der Waals surface area (Å²) in [6, 6.07) is 8.31. The Morgan fingerprint density at radius 2 is 2.10 bits per heavy atom. The fourth-order valence-corrected chi connectivity index (χ4v) is 2.68. The third-order valence-electron chi connectivity index (χ3n) is 3.71. The molecule has 0 amide bonds. The lowest BCUT2D eigenvalue weighted by molar-refractivity contribution is 0.180. The van der Waals surface area contributed by atoms with Crippen molar-refractivity contribution in [3.05, 3.63) is 29.3 Å². The Labute approximate surface area is 133 Å². The van der Waals surface area contributed by atoms with Gasteiger partial charge in [-0.2, -0.15) is 0 Å². The lowest BCUT2D eigenvalue weighted by Crippen LogP contribution is -2.35. The molecule has 1 saturated heterocycles. The first kappa shape index (κ1) is 17.6. The Kier molecular flexibility index (Phi) is 8.31. The molecule has 20 heavy (non-hydrogen) atoms. The number of nitrogens with one attached hydrogen (secondary N) is 1. The average molecular weight is 319 g/mol. The smallest absolute Gasteiger partial charge is 0.137 e. The molecular weight excluding hydrogens is 295 g/mol. The van der Waals surface area contributed by atoms with E-state index in [0.717, 1.165) is 25.4 Å². The highest BCUT2D eigenvalue weighted by molar-refractivity contribution is 6.32. The molecule has 0 radical (unpaired) electrons. The van der Waals surface area contributed by atoms with Crippen molar-refractivity contribution in [3.63, 3.8) is 0 Å². The summed E-state index contributed by atoms with van der Waals surface area (Å²) in [4.78, 5) is 2.41. The number of hydrogen-bond donors (Lipinski definition) is 1. The van der Waals surface area contributed by atoms with Crippen molar-refractivity contribution in [2.24, 2.45) is 0 Å². The molecule has 114 valence electrons. The minimum atomic E-state index is 0. The molecule has 3 nitrogen and oxygen atoms in total. The highest BCUT2D eigenvalue weighted by Crippen LogP contribution is 2.23. The van der Waals surface area contributed by atoms with Gasteiger partial charge >= 0.3 is 0 Å². The maximum absolute atomic E-state index is 6.06. The Morgan fingerprint density at radius 1 is 1.30 bits per heavy atom. The predicted molar refractivity (Wildman–Crippen MR) is 87.3 cm³/mol. The number of ether oxygens (including phenoxy) is 1. The largest absolute Gasteiger partial charge is 0.491 e. The van der Waals surface area contributed by atoms with E-state index in [4.69, 9.17) is 16.3 Å². The van der Waals surface area contributed by atoms with Crippen LogP contribution < -0.4 is 10.1 Å². The zero-order chi connectivity index (χ0) is 13.5. The van der Waals surface area contributed by atoms with E-state index in [1.54, 1.807) is 0 Å². The molecule has 5 heteroatoms. The quantitative estimate of drug-likeness (QED) is 0.902. The first-order valence-electron chi connectivity index (χ1n) is 7.05. The molecule has 1 N–H and O–H groups in total. The number of hydrogen-bond acceptors (Lipinski definition) is 3. The van der Waals surface area contributed by atoms with Crippen molar-refractivity contribution < 1.29 is 4.74 Å². The first-order valence-corrected chi connectivity index (χ1v) is 7.43. The fraction of sp³-hybridized carbons (Fsp3) is 0.600. The zero-order valence-electron chi connectivity index (χ0n) is 12.0. The van der Waals surface area contributed by atoms with Crippen LogP contribution in [0.2, 0.25) is 5.02 Å². The number of para-hydroxylation sites is 1. The van der Waals surface area contributed by atoms with E-state index in [1.807, 2.05) is 24.3 Å². The van der Waals surface area contributed by atoms with Crippen LogP contribution in [0, 0.1) is 0 Å². The van der Waals surface area contributed by atoms with E-state index in [1.165, 1.54) is 19.3 Å². The van der Waals surface area contributed by atoms with Crippen molar-refractivity contribution in [2.45, 2.75) is 25.3 Å². The Hall–Kier alpha value is -0.480. The van der Waals surface area contributed by atoms with E-state index in [0.29, 0.717) is 17.7 Å². The number of halogens is 2. The maximum atomic E-state index is 6.06. The van der Waals surface area contributed by atoms with Crippen molar-refractivity contribution in [1.29, 1.82) is 0 Å². The molecule has 0 aromatic heterocycles. The van der Waals surface area contributed by atoms with Gasteiger partial charge in [0.15, 0.2) is 0 Å². The second-order valence-corrected chi connectivity index (χ2v) is 5.50. The summed E-state index contributed by atoms with van der Waals surface area (Å²) >= 11 is 6.06. The van der Waals surface area contributed by atoms with Gasteiger partial charge in [-0.25, -0.2) is 0 Å². The molecular formula is C15H24Cl2N2O. The van der Waals surface area contributed by atoms with Crippen molar-refractivity contribution in [3.8, 4) is 5.75 Å². The Balaban J connectivity index is 0.00000200. The summed E-state index contributed by atoms with van der Waals surface area (Å²) < 4.78 is 5.74. The molecule has 0 bridgehead atoms. The molecule has 1 unspecified atom stereocenters. The normalized spacial score (nSPS) is 19.2. The van der Waals surface area contributed by atoms with Crippen molar-refractivity contribution in [2.75, 3.05) is 33.3 Å². The van der Waals surface area contributed by atoms with Gasteiger partial charge in [0.05, 0.1) is 5.02 Å². The zero-order valence-corrected chi connectivity index (χ0v) is 13.6. The number of likely N-dealkylation sites (N-methyl/N-ethyl adjacent to an activating group) is 1. The van der Waals surface area contributed by atoms with Crippen molar-refractivity contribution in [1.82, 2.24) is 10.2 Å². The number of benzene rings is 1. The van der Waals surface area contributed by atoms with Gasteiger partial charge in [-0.15, -0.1) is 12.4 Å². The summed E-state index contributed by atoms with van der Waals surface area (Å²) in [5.74, 6) is 0.778. The van der Waals surface area contributed by atoms with Gasteiger partial charge in [0.25, 0.3) is 0 Å². The molecule has 1 aromatic rings. The molecule has 1 aliphatic heterocycles. The van der Waals surface area contributed by atoms with Gasteiger partial charge < -0.3 is 10.1 Å². The highest BCUT2D eigenvalue weighted by Gasteiger charge is 2.16. The van der Waals surface area contributed by atoms with Crippen LogP contribution in [0.5, 0.6) is 5.75 Å². The third kappa shape index (κ3) is 5.49. The minimum Gasteiger partial charge on any atom is -0.491 e. The van der Waals surface area contributed by atoms with E-state index in [-0.39, 0.29) is 12.4 Å². The highest BCUT2D eigenvalue weighted by atomic mass is 35.5. The van der Waals surface area contributed by atoms with Crippen LogP contribution in [0.25, 0.3) is 0 Å². The van der Waals surface area contributed by atoms with Crippen LogP contribution in [0.15, 0.2) is 24.3 Å². The predicted octanol–water partition coefficient (Wildman–Crippen LogP) is 3.21. The Morgan fingerprint density at radius 3 is 2.90 bits per heavy atom. The van der Waals surface area contributed by atoms with Crippen LogP contribution in [0.4, 0.5) is 0 Å². The van der Waals surface area contributed by atoms with Crippen LogP contribution in [-0.4, -0.2) is 44.2 Å². The van der Waals surface area contributed by atoms with E-state index < -0.39 is 0 Å². The van der Waals surface area contributed by atoms with Gasteiger partial charge in [-0.1, -0.05) is 23.7 Å². The Bertz CT molecular complexity index is 382. The lowest BCUT2D eigenvalue weighted by atomic mass is 10.1. The fourth-order valence-electron chi connectivity index (χ4n) is 2.49. The molecule has 1 atom stereocenters. The monoisotopic (exact) mass is 318 g/mol. The first-order chi connectivity index (χ1) is 9.27. The molecule has 1 fully saturated rings. The summed E-state index contributed by atoms with van der Waals surface area (Å²) in [5.41, 5.74) is 0. The number of nitrogens with zero attached hydrogens (tertiary/aromatic N) is 1. The summed E-state index contributed by atoms with van der Waals surface area (Å²) in [7, 11) is 2.19. The summed E-state index contributed by atoms with van der Waals surface area (Å²) in [6.07, 6.45) is 3.76. The topological polar surface area (TPSA) is 24.5 Å². The van der Waals surface area contributed by atoms with Crippen LogP contribution >= 0.6 is 24.0 Å². The molecule has 1 heterocycles. The molecule has 1 aliphatic rings. The van der Waals surface area contributed by atoms with Crippen molar-refractivity contribution >= 4 is 24.0 Å². The maximum Gasteiger partial charge on any atom is 0.137 e. The summed E-state index contributed by atoms with van der Waals surface area (Å²) in [6.45, 7) is 3.90. The second-order valence-electron chi connectivity index (χ2n) is 5.09. The molecule has 0 aliphatic carbocycles. The molecule has 2 rings (SSSR count). The van der Waals surface area contributed by atoms with Gasteiger partial charge in [-0.3, -0.25) is 4.90 Å². The molecule has 1 aromatic carbocycles. The van der Waals surface area contributed by atoms with Crippen LogP contribution in [-0.2, 0) is 0 Å². The molecule has 0 saturated carbocycles. The van der Waals surface area contributed by atoms with E-state index in [2.05, 4.69) is 17.3 Å². The summed E-state index contributed by atoms with van der Waals surface area (Å²) in [5, 5.41) is 4.13. The standard InChI is InChI=1S/C15H23ClN2O.ClH/c1-18(13-5-4-9-17-10-8-13)11-12-19-15-7-3-2-6-14(15)16;/h2-3,6-7,13,17H,4-5,8-12H2,1H3;1H. The molecule has 0 spiro atoms. The number of rotatable bonds is 5. The lowest BCUT2D eigenvalue weighted by Gasteiger charge is -2.26. The SMILES string of the molecule is CN(CCOc1ccccc1Cl)C1CCCNCC1.Cl. The van der Waals surface area contributed by atoms with Crippen LogP contribution in [0.3, 0.4) is 0 Å². The van der Waals surface area contributed by atoms with E-state index in [9.17, 15) is 0 Å². The van der Waals surface area contributed by atoms with Gasteiger partial charge in [-0.05, 0) is 51.5 Å². The van der Waals surface area contributed by atoms with Crippen LogP contribution in [0.1, 0.15) is 19.3 Å². The van der Waals surface area contributed by atoms with Gasteiger partial charge in [0, 0.05) is 12.6 Å². The van der Waals surface area contributed by atoms with E-state index >= 15 is 0 Å². The third-order valence-corrected chi connectivity index (χ3v) is 4.02. The van der Waals surface area contributed by atoms with Gasteiger partial charge in [0.2, 0.25) is 0 Å². The minimum absolute atomic E-state index is 0. The second kappa shape index (κ2) is 9.46. The van der Waals surface area contributed by atoms with Gasteiger partial charge in [0.1, 0.15) is 12.4 Å².